The van der Waals surface area contributed by atoms with Crippen LogP contribution >= 0.6 is 0 Å². The zero-order valence-corrected chi connectivity index (χ0v) is 18.3. The smallest absolute Gasteiger partial charge is 0.191 e. The molecule has 1 unspecified atom stereocenters. The average molecular weight is 392 g/mol. The van der Waals surface area contributed by atoms with Gasteiger partial charge in [0, 0.05) is 61.6 Å². The minimum absolute atomic E-state index is 0.116. The second-order valence-corrected chi connectivity index (χ2v) is 8.08. The molecule has 0 bridgehead atoms. The van der Waals surface area contributed by atoms with Gasteiger partial charge in [0.15, 0.2) is 5.96 Å². The summed E-state index contributed by atoms with van der Waals surface area (Å²) in [5.74, 6) is 2.51. The molecule has 1 saturated heterocycles. The highest BCUT2D eigenvalue weighted by Gasteiger charge is 2.24. The molecule has 28 heavy (non-hydrogen) atoms. The average Bonchev–Trinajstić information content (AvgIpc) is 3.12. The van der Waals surface area contributed by atoms with Gasteiger partial charge >= 0.3 is 0 Å². The van der Waals surface area contributed by atoms with Gasteiger partial charge in [-0.15, -0.1) is 0 Å². The molecule has 0 saturated carbocycles. The number of anilines is 1. The second kappa shape index (κ2) is 10.4. The van der Waals surface area contributed by atoms with Crippen LogP contribution in [0.2, 0.25) is 0 Å². The molecule has 2 rings (SSSR count). The van der Waals surface area contributed by atoms with Crippen LogP contribution in [0, 0.1) is 0 Å². The van der Waals surface area contributed by atoms with E-state index in [1.54, 1.807) is 14.2 Å². The van der Waals surface area contributed by atoms with Crippen LogP contribution in [-0.4, -0.2) is 64.5 Å². The Balaban J connectivity index is 1.94. The van der Waals surface area contributed by atoms with Gasteiger partial charge < -0.3 is 30.3 Å². The van der Waals surface area contributed by atoms with Crippen molar-refractivity contribution in [1.29, 1.82) is 0 Å². The van der Waals surface area contributed by atoms with Crippen molar-refractivity contribution in [2.75, 3.05) is 51.8 Å². The summed E-state index contributed by atoms with van der Waals surface area (Å²) >= 11 is 0. The molecule has 1 aliphatic rings. The van der Waals surface area contributed by atoms with Crippen molar-refractivity contribution in [2.24, 2.45) is 4.99 Å². The fraction of sp³-hybridized carbons (Fsp3) is 0.667. The zero-order valence-electron chi connectivity index (χ0n) is 18.3. The molecule has 7 heteroatoms. The molecule has 7 nitrogen and oxygen atoms in total. The van der Waals surface area contributed by atoms with Crippen LogP contribution in [0.25, 0.3) is 0 Å². The third-order valence-corrected chi connectivity index (χ3v) is 4.61. The van der Waals surface area contributed by atoms with Crippen molar-refractivity contribution in [3.8, 4) is 11.5 Å². The lowest BCUT2D eigenvalue weighted by Crippen LogP contribution is -2.45. The fourth-order valence-electron chi connectivity index (χ4n) is 3.20. The molecule has 0 aromatic heterocycles. The number of guanidine groups is 1. The van der Waals surface area contributed by atoms with Crippen LogP contribution in [0.4, 0.5) is 5.69 Å². The first-order valence-electron chi connectivity index (χ1n) is 10.1. The van der Waals surface area contributed by atoms with Crippen molar-refractivity contribution >= 4 is 11.6 Å². The first-order valence-corrected chi connectivity index (χ1v) is 10.1. The number of hydrogen-bond donors (Lipinski definition) is 3. The summed E-state index contributed by atoms with van der Waals surface area (Å²) in [5.41, 5.74) is 1.24. The molecule has 158 valence electrons. The van der Waals surface area contributed by atoms with Crippen molar-refractivity contribution in [2.45, 2.75) is 45.7 Å². The van der Waals surface area contributed by atoms with Gasteiger partial charge in [0.25, 0.3) is 0 Å². The fourth-order valence-corrected chi connectivity index (χ4v) is 3.20. The van der Waals surface area contributed by atoms with Crippen molar-refractivity contribution in [3.63, 3.8) is 0 Å². The van der Waals surface area contributed by atoms with Gasteiger partial charge in [-0.05, 0) is 34.1 Å². The standard InChI is InChI=1S/C21H37N5O2/c1-7-22-20(23-9-10-24-21(2,3)4)25-16-8-11-26(15-16)17-12-18(27-5)14-19(13-17)28-6/h12-14,16,24H,7-11,15H2,1-6H3,(H2,22,23,25). The van der Waals surface area contributed by atoms with Crippen molar-refractivity contribution in [1.82, 2.24) is 16.0 Å². The van der Waals surface area contributed by atoms with E-state index in [9.17, 15) is 0 Å². The van der Waals surface area contributed by atoms with Crippen LogP contribution in [0.1, 0.15) is 34.1 Å². The summed E-state index contributed by atoms with van der Waals surface area (Å²) in [6, 6.07) is 6.37. The number of benzene rings is 1. The summed E-state index contributed by atoms with van der Waals surface area (Å²) in [6.07, 6.45) is 1.06. The third kappa shape index (κ3) is 7.11. The van der Waals surface area contributed by atoms with E-state index in [0.29, 0.717) is 6.04 Å². The maximum Gasteiger partial charge on any atom is 0.191 e. The molecule has 1 aliphatic heterocycles. The quantitative estimate of drug-likeness (QED) is 0.359. The number of hydrogen-bond acceptors (Lipinski definition) is 5. The lowest BCUT2D eigenvalue weighted by molar-refractivity contribution is 0.394. The maximum atomic E-state index is 5.40. The van der Waals surface area contributed by atoms with Crippen LogP contribution < -0.4 is 30.3 Å². The monoisotopic (exact) mass is 391 g/mol. The molecule has 1 heterocycles. The van der Waals surface area contributed by atoms with Crippen LogP contribution in [0.15, 0.2) is 23.2 Å². The molecular weight excluding hydrogens is 354 g/mol. The third-order valence-electron chi connectivity index (χ3n) is 4.61. The predicted molar refractivity (Wildman–Crippen MR) is 117 cm³/mol. The SMILES string of the molecule is CCNC(=NCCNC(C)(C)C)NC1CCN(c2cc(OC)cc(OC)c2)C1. The van der Waals surface area contributed by atoms with Crippen molar-refractivity contribution < 1.29 is 9.47 Å². The molecular formula is C21H37N5O2. The molecule has 0 radical (unpaired) electrons. The Morgan fingerprint density at radius 2 is 1.86 bits per heavy atom. The maximum absolute atomic E-state index is 5.40. The first kappa shape index (κ1) is 22.1. The summed E-state index contributed by atoms with van der Waals surface area (Å²) in [5, 5.41) is 10.4. The van der Waals surface area contributed by atoms with Crippen LogP contribution in [0.5, 0.6) is 11.5 Å². The summed E-state index contributed by atoms with van der Waals surface area (Å²) in [7, 11) is 3.36. The van der Waals surface area contributed by atoms with E-state index >= 15 is 0 Å². The number of rotatable bonds is 8. The van der Waals surface area contributed by atoms with Crippen LogP contribution in [0.3, 0.4) is 0 Å². The molecule has 1 atom stereocenters. The molecule has 3 N–H and O–H groups in total. The second-order valence-electron chi connectivity index (χ2n) is 8.08. The van der Waals surface area contributed by atoms with Crippen molar-refractivity contribution in [3.05, 3.63) is 18.2 Å². The summed E-state index contributed by atoms with van der Waals surface area (Å²) in [4.78, 5) is 7.06. The van der Waals surface area contributed by atoms with Gasteiger partial charge in [-0.2, -0.15) is 0 Å². The molecule has 1 aromatic rings. The van der Waals surface area contributed by atoms with Gasteiger partial charge in [0.2, 0.25) is 0 Å². The Morgan fingerprint density at radius 1 is 1.18 bits per heavy atom. The molecule has 0 aliphatic carbocycles. The van der Waals surface area contributed by atoms with Gasteiger partial charge in [-0.1, -0.05) is 0 Å². The number of aliphatic imine (C=N–C) groups is 1. The van der Waals surface area contributed by atoms with Gasteiger partial charge in [0.05, 0.1) is 20.8 Å². The number of nitrogens with zero attached hydrogens (tertiary/aromatic N) is 2. The first-order chi connectivity index (χ1) is 13.3. The predicted octanol–water partition coefficient (Wildman–Crippen LogP) is 2.23. The van der Waals surface area contributed by atoms with E-state index in [1.165, 1.54) is 0 Å². The zero-order chi connectivity index (χ0) is 20.6. The van der Waals surface area contributed by atoms with E-state index in [-0.39, 0.29) is 5.54 Å². The Morgan fingerprint density at radius 3 is 2.43 bits per heavy atom. The highest BCUT2D eigenvalue weighted by atomic mass is 16.5. The lowest BCUT2D eigenvalue weighted by atomic mass is 10.1. The number of nitrogens with one attached hydrogen (secondary N) is 3. The van der Waals surface area contributed by atoms with E-state index < -0.39 is 0 Å². The number of ether oxygens (including phenoxy) is 2. The summed E-state index contributed by atoms with van der Waals surface area (Å²) in [6.45, 7) is 13.0. The number of methoxy groups -OCH3 is 2. The van der Waals surface area contributed by atoms with Gasteiger partial charge in [-0.25, -0.2) is 0 Å². The lowest BCUT2D eigenvalue weighted by Gasteiger charge is -2.22. The highest BCUT2D eigenvalue weighted by Crippen LogP contribution is 2.30. The normalized spacial score (nSPS) is 17.6. The Hall–Kier alpha value is -2.15. The van der Waals surface area contributed by atoms with E-state index in [1.807, 2.05) is 6.07 Å². The Labute approximate surface area is 169 Å². The van der Waals surface area contributed by atoms with Crippen LogP contribution in [-0.2, 0) is 0 Å². The molecule has 0 spiro atoms. The minimum Gasteiger partial charge on any atom is -0.497 e. The van der Waals surface area contributed by atoms with E-state index in [0.717, 1.165) is 62.3 Å². The van der Waals surface area contributed by atoms with E-state index in [4.69, 9.17) is 14.5 Å². The largest absolute Gasteiger partial charge is 0.497 e. The van der Waals surface area contributed by atoms with E-state index in [2.05, 4.69) is 60.7 Å². The van der Waals surface area contributed by atoms with Gasteiger partial charge in [0.1, 0.15) is 11.5 Å². The Kier molecular flexibility index (Phi) is 8.23. The van der Waals surface area contributed by atoms with Gasteiger partial charge in [-0.3, -0.25) is 4.99 Å². The summed E-state index contributed by atoms with van der Waals surface area (Å²) < 4.78 is 10.8. The molecule has 1 fully saturated rings. The molecule has 0 amide bonds. The Bertz CT molecular complexity index is 620. The minimum atomic E-state index is 0.116. The molecule has 1 aromatic carbocycles. The topological polar surface area (TPSA) is 70.2 Å². The highest BCUT2D eigenvalue weighted by molar-refractivity contribution is 5.80.